The lowest BCUT2D eigenvalue weighted by atomic mass is 10.4. The molecule has 0 spiro atoms. The van der Waals surface area contributed by atoms with Crippen LogP contribution in [0.1, 0.15) is 19.7 Å². The van der Waals surface area contributed by atoms with E-state index in [4.69, 9.17) is 4.74 Å². The average Bonchev–Trinajstić information content (AvgIpc) is 2.77. The fourth-order valence-corrected chi connectivity index (χ4v) is 1.79. The molecule has 0 bridgehead atoms. The van der Waals surface area contributed by atoms with Gasteiger partial charge in [0.15, 0.2) is 0 Å². The quantitative estimate of drug-likeness (QED) is 0.867. The third-order valence-corrected chi connectivity index (χ3v) is 2.71. The van der Waals surface area contributed by atoms with Crippen molar-refractivity contribution in [3.8, 4) is 5.88 Å². The lowest BCUT2D eigenvalue weighted by Gasteiger charge is -2.14. The molecular weight excluding hydrogens is 240 g/mol. The second kappa shape index (κ2) is 6.22. The van der Waals surface area contributed by atoms with Crippen LogP contribution in [-0.2, 0) is 6.54 Å². The maximum Gasteiger partial charge on any atom is 0.237 e. The van der Waals surface area contributed by atoms with Crippen molar-refractivity contribution < 1.29 is 4.74 Å². The minimum atomic E-state index is 0.117. The van der Waals surface area contributed by atoms with Gasteiger partial charge in [0.2, 0.25) is 5.88 Å². The van der Waals surface area contributed by atoms with Gasteiger partial charge in [-0.15, -0.1) is 0 Å². The summed E-state index contributed by atoms with van der Waals surface area (Å²) in [6.07, 6.45) is 5.65. The zero-order valence-electron chi connectivity index (χ0n) is 11.6. The summed E-state index contributed by atoms with van der Waals surface area (Å²) in [7, 11) is 0. The first-order valence-electron chi connectivity index (χ1n) is 6.50. The monoisotopic (exact) mass is 260 g/mol. The summed E-state index contributed by atoms with van der Waals surface area (Å²) in [6.45, 7) is 7.65. The van der Waals surface area contributed by atoms with Crippen molar-refractivity contribution in [3.05, 3.63) is 36.5 Å². The smallest absolute Gasteiger partial charge is 0.237 e. The molecule has 19 heavy (non-hydrogen) atoms. The number of anilines is 1. The zero-order valence-corrected chi connectivity index (χ0v) is 11.6. The molecule has 0 radical (unpaired) electrons. The predicted molar refractivity (Wildman–Crippen MR) is 75.5 cm³/mol. The van der Waals surface area contributed by atoms with Crippen molar-refractivity contribution in [3.63, 3.8) is 0 Å². The van der Waals surface area contributed by atoms with Crippen molar-refractivity contribution in [2.45, 2.75) is 33.4 Å². The Morgan fingerprint density at radius 3 is 2.84 bits per heavy atom. The number of aromatic nitrogens is 3. The summed E-state index contributed by atoms with van der Waals surface area (Å²) in [5.74, 6) is 1.67. The Morgan fingerprint density at radius 2 is 2.16 bits per heavy atom. The number of rotatable bonds is 6. The minimum Gasteiger partial charge on any atom is -0.473 e. The summed E-state index contributed by atoms with van der Waals surface area (Å²) in [5.41, 5.74) is 0.925. The number of aryl methyl sites for hydroxylation is 1. The number of ether oxygens (including phenoxy) is 1. The molecule has 2 aromatic heterocycles. The van der Waals surface area contributed by atoms with Crippen LogP contribution in [0.15, 0.2) is 30.7 Å². The van der Waals surface area contributed by atoms with E-state index in [-0.39, 0.29) is 6.10 Å². The highest BCUT2D eigenvalue weighted by atomic mass is 16.5. The molecule has 102 valence electrons. The average molecular weight is 260 g/mol. The second-order valence-electron chi connectivity index (χ2n) is 4.62. The molecule has 1 N–H and O–H groups in total. The van der Waals surface area contributed by atoms with Crippen LogP contribution in [0, 0.1) is 6.92 Å². The normalized spacial score (nSPS) is 10.7. The molecule has 0 aliphatic carbocycles. The Labute approximate surface area is 113 Å². The standard InChI is InChI=1S/C14H20N4O/c1-11(2)19-14-13(5-4-6-17-14)16-8-10-18-9-7-15-12(18)3/h4-7,9,11,16H,8,10H2,1-3H3. The van der Waals surface area contributed by atoms with Gasteiger partial charge in [-0.05, 0) is 32.9 Å². The van der Waals surface area contributed by atoms with E-state index in [9.17, 15) is 0 Å². The largest absolute Gasteiger partial charge is 0.473 e. The summed E-state index contributed by atoms with van der Waals surface area (Å²) >= 11 is 0. The molecule has 5 nitrogen and oxygen atoms in total. The number of nitrogens with zero attached hydrogens (tertiary/aromatic N) is 3. The van der Waals surface area contributed by atoms with Gasteiger partial charge in [0.25, 0.3) is 0 Å². The van der Waals surface area contributed by atoms with E-state index in [0.29, 0.717) is 5.88 Å². The molecule has 2 rings (SSSR count). The van der Waals surface area contributed by atoms with Gasteiger partial charge in [-0.2, -0.15) is 0 Å². The van der Waals surface area contributed by atoms with Gasteiger partial charge < -0.3 is 14.6 Å². The highest BCUT2D eigenvalue weighted by Crippen LogP contribution is 2.21. The first-order chi connectivity index (χ1) is 9.16. The first kappa shape index (κ1) is 13.4. The Balaban J connectivity index is 1.94. The van der Waals surface area contributed by atoms with Gasteiger partial charge in [-0.25, -0.2) is 9.97 Å². The minimum absolute atomic E-state index is 0.117. The van der Waals surface area contributed by atoms with Gasteiger partial charge >= 0.3 is 0 Å². The molecule has 5 heteroatoms. The van der Waals surface area contributed by atoms with E-state index in [1.807, 2.05) is 45.3 Å². The highest BCUT2D eigenvalue weighted by molar-refractivity contribution is 5.51. The molecule has 2 aromatic rings. The molecule has 0 aliphatic rings. The highest BCUT2D eigenvalue weighted by Gasteiger charge is 2.06. The molecule has 2 heterocycles. The fraction of sp³-hybridized carbons (Fsp3) is 0.429. The first-order valence-corrected chi connectivity index (χ1v) is 6.50. The Bertz CT molecular complexity index is 522. The van der Waals surface area contributed by atoms with Crippen LogP contribution in [0.3, 0.4) is 0 Å². The molecule has 0 saturated carbocycles. The molecule has 0 amide bonds. The van der Waals surface area contributed by atoms with Crippen LogP contribution < -0.4 is 10.1 Å². The van der Waals surface area contributed by atoms with Gasteiger partial charge in [0, 0.05) is 31.7 Å². The second-order valence-corrected chi connectivity index (χ2v) is 4.62. The topological polar surface area (TPSA) is 52.0 Å². The van der Waals surface area contributed by atoms with E-state index >= 15 is 0 Å². The Morgan fingerprint density at radius 1 is 1.32 bits per heavy atom. The maximum absolute atomic E-state index is 5.66. The molecule has 0 atom stereocenters. The van der Waals surface area contributed by atoms with Gasteiger partial charge in [0.1, 0.15) is 5.82 Å². The Kier molecular flexibility index (Phi) is 4.39. The number of pyridine rings is 1. The molecule has 0 aromatic carbocycles. The van der Waals surface area contributed by atoms with Crippen molar-refractivity contribution in [1.29, 1.82) is 0 Å². The lowest BCUT2D eigenvalue weighted by molar-refractivity contribution is 0.234. The van der Waals surface area contributed by atoms with Crippen molar-refractivity contribution >= 4 is 5.69 Å². The van der Waals surface area contributed by atoms with E-state index < -0.39 is 0 Å². The summed E-state index contributed by atoms with van der Waals surface area (Å²) < 4.78 is 7.77. The molecule has 0 unspecified atom stereocenters. The van der Waals surface area contributed by atoms with E-state index in [1.54, 1.807) is 6.20 Å². The number of imidazole rings is 1. The van der Waals surface area contributed by atoms with Crippen LogP contribution in [-0.4, -0.2) is 27.2 Å². The summed E-state index contributed by atoms with van der Waals surface area (Å²) in [4.78, 5) is 8.45. The SMILES string of the molecule is Cc1nccn1CCNc1cccnc1OC(C)C. The van der Waals surface area contributed by atoms with E-state index in [1.165, 1.54) is 0 Å². The molecule has 0 saturated heterocycles. The van der Waals surface area contributed by atoms with Crippen LogP contribution in [0.25, 0.3) is 0 Å². The zero-order chi connectivity index (χ0) is 13.7. The third-order valence-electron chi connectivity index (χ3n) is 2.71. The number of hydrogen-bond donors (Lipinski definition) is 1. The van der Waals surface area contributed by atoms with Crippen molar-refractivity contribution in [2.24, 2.45) is 0 Å². The maximum atomic E-state index is 5.66. The Hall–Kier alpha value is -2.04. The van der Waals surface area contributed by atoms with Gasteiger partial charge in [-0.1, -0.05) is 0 Å². The summed E-state index contributed by atoms with van der Waals surface area (Å²) in [6, 6.07) is 3.88. The lowest BCUT2D eigenvalue weighted by Crippen LogP contribution is -2.14. The molecular formula is C14H20N4O. The summed E-state index contributed by atoms with van der Waals surface area (Å²) in [5, 5.41) is 3.35. The van der Waals surface area contributed by atoms with Crippen LogP contribution in [0.4, 0.5) is 5.69 Å². The van der Waals surface area contributed by atoms with Gasteiger partial charge in [-0.3, -0.25) is 0 Å². The van der Waals surface area contributed by atoms with Crippen molar-refractivity contribution in [1.82, 2.24) is 14.5 Å². The van der Waals surface area contributed by atoms with Crippen LogP contribution in [0.5, 0.6) is 5.88 Å². The molecule has 0 fully saturated rings. The fourth-order valence-electron chi connectivity index (χ4n) is 1.79. The van der Waals surface area contributed by atoms with Crippen LogP contribution in [0.2, 0.25) is 0 Å². The van der Waals surface area contributed by atoms with Gasteiger partial charge in [0.05, 0.1) is 11.8 Å². The number of nitrogens with one attached hydrogen (secondary N) is 1. The van der Waals surface area contributed by atoms with Crippen molar-refractivity contribution in [2.75, 3.05) is 11.9 Å². The molecule has 0 aliphatic heterocycles. The van der Waals surface area contributed by atoms with E-state index in [0.717, 1.165) is 24.6 Å². The van der Waals surface area contributed by atoms with Crippen LogP contribution >= 0.6 is 0 Å². The van der Waals surface area contributed by atoms with E-state index in [2.05, 4.69) is 19.9 Å². The predicted octanol–water partition coefficient (Wildman–Crippen LogP) is 2.49. The number of hydrogen-bond acceptors (Lipinski definition) is 4. The third kappa shape index (κ3) is 3.71.